The highest BCUT2D eigenvalue weighted by atomic mass is 32.2. The zero-order chi connectivity index (χ0) is 24.6. The molecule has 0 spiro atoms. The van der Waals surface area contributed by atoms with E-state index in [-0.39, 0.29) is 11.4 Å². The van der Waals surface area contributed by atoms with Gasteiger partial charge in [0.15, 0.2) is 0 Å². The number of ether oxygens (including phenoxy) is 1. The number of nitrogens with one attached hydrogen (secondary N) is 1. The fraction of sp³-hybridized carbons (Fsp3) is 0.407. The van der Waals surface area contributed by atoms with Crippen LogP contribution in [0.25, 0.3) is 11.3 Å². The molecule has 182 valence electrons. The van der Waals surface area contributed by atoms with Gasteiger partial charge in [0.05, 0.1) is 35.4 Å². The van der Waals surface area contributed by atoms with Gasteiger partial charge in [0, 0.05) is 29.3 Å². The molecule has 0 radical (unpaired) electrons. The number of benzene rings is 1. The van der Waals surface area contributed by atoms with E-state index in [1.165, 1.54) is 4.90 Å². The Kier molecular flexibility index (Phi) is 6.40. The topological polar surface area (TPSA) is 80.2 Å². The highest BCUT2D eigenvalue weighted by molar-refractivity contribution is 7.99. The molecule has 1 aliphatic heterocycles. The maximum atomic E-state index is 13.2. The SMILES string of the molecule is CCSc1ccc(CNC(=O)N2CC(C)(C)c3nc(-c4c(OC)ncnc4C4CC4)ccc32)cc1. The van der Waals surface area contributed by atoms with Crippen molar-refractivity contribution in [3.8, 4) is 17.1 Å². The Hall–Kier alpha value is -3.13. The van der Waals surface area contributed by atoms with Crippen LogP contribution in [0.4, 0.5) is 10.5 Å². The third-order valence-electron chi connectivity index (χ3n) is 6.54. The number of hydrogen-bond donors (Lipinski definition) is 1. The summed E-state index contributed by atoms with van der Waals surface area (Å²) in [5, 5.41) is 3.08. The summed E-state index contributed by atoms with van der Waals surface area (Å²) in [7, 11) is 1.63. The molecule has 35 heavy (non-hydrogen) atoms. The number of rotatable bonds is 7. The number of thioether (sulfide) groups is 1. The second kappa shape index (κ2) is 9.49. The van der Waals surface area contributed by atoms with Crippen molar-refractivity contribution in [1.82, 2.24) is 20.3 Å². The number of fused-ring (bicyclic) bond motifs is 1. The number of anilines is 1. The lowest BCUT2D eigenvalue weighted by atomic mass is 9.91. The second-order valence-corrected chi connectivity index (χ2v) is 11.0. The van der Waals surface area contributed by atoms with Crippen LogP contribution in [0.15, 0.2) is 47.6 Å². The fourth-order valence-corrected chi connectivity index (χ4v) is 5.29. The van der Waals surface area contributed by atoms with Gasteiger partial charge in [-0.15, -0.1) is 11.8 Å². The molecule has 3 heterocycles. The van der Waals surface area contributed by atoms with Gasteiger partial charge in [-0.1, -0.05) is 32.9 Å². The third kappa shape index (κ3) is 4.72. The fourth-order valence-electron chi connectivity index (χ4n) is 4.63. The molecule has 0 saturated heterocycles. The molecule has 1 N–H and O–H groups in total. The van der Waals surface area contributed by atoms with Gasteiger partial charge in [0.25, 0.3) is 0 Å². The largest absolute Gasteiger partial charge is 0.480 e. The van der Waals surface area contributed by atoms with Gasteiger partial charge < -0.3 is 10.1 Å². The van der Waals surface area contributed by atoms with Crippen LogP contribution in [0.5, 0.6) is 5.88 Å². The summed E-state index contributed by atoms with van der Waals surface area (Å²) in [4.78, 5) is 30.2. The lowest BCUT2D eigenvalue weighted by Gasteiger charge is -2.20. The minimum Gasteiger partial charge on any atom is -0.480 e. The number of methoxy groups -OCH3 is 1. The van der Waals surface area contributed by atoms with E-state index in [1.807, 2.05) is 23.9 Å². The van der Waals surface area contributed by atoms with Crippen LogP contribution < -0.4 is 15.0 Å². The Balaban J connectivity index is 1.39. The molecule has 7 nitrogen and oxygen atoms in total. The van der Waals surface area contributed by atoms with E-state index in [9.17, 15) is 4.79 Å². The smallest absolute Gasteiger partial charge is 0.322 e. The van der Waals surface area contributed by atoms with Crippen LogP contribution in [-0.2, 0) is 12.0 Å². The van der Waals surface area contributed by atoms with Crippen LogP contribution in [-0.4, -0.2) is 40.4 Å². The lowest BCUT2D eigenvalue weighted by molar-refractivity contribution is 0.245. The van der Waals surface area contributed by atoms with Gasteiger partial charge in [0.1, 0.15) is 6.33 Å². The molecule has 1 saturated carbocycles. The Labute approximate surface area is 210 Å². The first-order valence-corrected chi connectivity index (χ1v) is 13.1. The molecule has 0 atom stereocenters. The second-order valence-electron chi connectivity index (χ2n) is 9.69. The van der Waals surface area contributed by atoms with Crippen molar-refractivity contribution >= 4 is 23.5 Å². The van der Waals surface area contributed by atoms with Crippen molar-refractivity contribution in [3.63, 3.8) is 0 Å². The Bertz CT molecular complexity index is 1240. The molecule has 0 bridgehead atoms. The van der Waals surface area contributed by atoms with Gasteiger partial charge in [-0.2, -0.15) is 0 Å². The van der Waals surface area contributed by atoms with Crippen LogP contribution in [0.1, 0.15) is 56.5 Å². The van der Waals surface area contributed by atoms with Gasteiger partial charge in [0.2, 0.25) is 5.88 Å². The molecule has 3 aromatic rings. The van der Waals surface area contributed by atoms with E-state index < -0.39 is 0 Å². The van der Waals surface area contributed by atoms with Crippen molar-refractivity contribution in [2.75, 3.05) is 24.3 Å². The van der Waals surface area contributed by atoms with E-state index in [2.05, 4.69) is 60.3 Å². The summed E-state index contributed by atoms with van der Waals surface area (Å²) in [6.07, 6.45) is 3.81. The summed E-state index contributed by atoms with van der Waals surface area (Å²) in [5.41, 5.74) is 5.19. The summed E-state index contributed by atoms with van der Waals surface area (Å²) < 4.78 is 5.58. The van der Waals surface area contributed by atoms with Crippen molar-refractivity contribution < 1.29 is 9.53 Å². The highest BCUT2D eigenvalue weighted by Crippen LogP contribution is 2.47. The van der Waals surface area contributed by atoms with Crippen LogP contribution in [0, 0.1) is 0 Å². The number of pyridine rings is 1. The Morgan fingerprint density at radius 3 is 2.63 bits per heavy atom. The number of hydrogen-bond acceptors (Lipinski definition) is 6. The molecule has 2 amide bonds. The first-order chi connectivity index (χ1) is 16.9. The van der Waals surface area contributed by atoms with Crippen molar-refractivity contribution in [2.45, 2.75) is 56.4 Å². The van der Waals surface area contributed by atoms with Gasteiger partial charge in [-0.05, 0) is 48.4 Å². The average molecular weight is 490 g/mol. The predicted molar refractivity (Wildman–Crippen MR) is 139 cm³/mol. The number of nitrogens with zero attached hydrogens (tertiary/aromatic N) is 4. The molecule has 1 aliphatic carbocycles. The molecule has 0 unspecified atom stereocenters. The quantitative estimate of drug-likeness (QED) is 0.439. The van der Waals surface area contributed by atoms with E-state index in [0.29, 0.717) is 24.9 Å². The molecule has 8 heteroatoms. The predicted octanol–water partition coefficient (Wildman–Crippen LogP) is 5.54. The number of urea groups is 1. The maximum Gasteiger partial charge on any atom is 0.322 e. The summed E-state index contributed by atoms with van der Waals surface area (Å²) in [6, 6.07) is 12.2. The van der Waals surface area contributed by atoms with E-state index in [1.54, 1.807) is 18.3 Å². The minimum atomic E-state index is -0.287. The van der Waals surface area contributed by atoms with Crippen molar-refractivity contribution in [1.29, 1.82) is 0 Å². The molecule has 2 aliphatic rings. The van der Waals surface area contributed by atoms with E-state index in [0.717, 1.165) is 52.5 Å². The van der Waals surface area contributed by atoms with E-state index in [4.69, 9.17) is 9.72 Å². The number of amides is 2. The van der Waals surface area contributed by atoms with Crippen molar-refractivity contribution in [2.24, 2.45) is 0 Å². The van der Waals surface area contributed by atoms with E-state index >= 15 is 0 Å². The van der Waals surface area contributed by atoms with Crippen LogP contribution >= 0.6 is 11.8 Å². The Morgan fingerprint density at radius 1 is 1.17 bits per heavy atom. The summed E-state index contributed by atoms with van der Waals surface area (Å²) in [5.74, 6) is 2.02. The summed E-state index contributed by atoms with van der Waals surface area (Å²) in [6.45, 7) is 7.44. The van der Waals surface area contributed by atoms with Crippen molar-refractivity contribution in [3.05, 3.63) is 59.7 Å². The van der Waals surface area contributed by atoms with Crippen LogP contribution in [0.3, 0.4) is 0 Å². The normalized spacial score (nSPS) is 16.2. The monoisotopic (exact) mass is 489 g/mol. The highest BCUT2D eigenvalue weighted by Gasteiger charge is 2.40. The van der Waals surface area contributed by atoms with Crippen LogP contribution in [0.2, 0.25) is 0 Å². The zero-order valence-corrected chi connectivity index (χ0v) is 21.5. The third-order valence-corrected chi connectivity index (χ3v) is 7.43. The molecule has 1 fully saturated rings. The molecule has 5 rings (SSSR count). The standard InChI is InChI=1S/C27H31N5O2S/c1-5-35-19-10-6-17(7-11-19)14-28-26(33)32-15-27(2,3)24-21(32)13-12-20(31-24)22-23(18-8-9-18)29-16-30-25(22)34-4/h6-7,10-13,16,18H,5,8-9,14-15H2,1-4H3,(H,28,33). The molecular formula is C27H31N5O2S. The average Bonchev–Trinajstić information content (AvgIpc) is 3.68. The number of carbonyl (C=O) groups is 1. The zero-order valence-electron chi connectivity index (χ0n) is 20.7. The molecule has 1 aromatic carbocycles. The molecular weight excluding hydrogens is 458 g/mol. The van der Waals surface area contributed by atoms with Gasteiger partial charge in [-0.3, -0.25) is 4.90 Å². The first kappa shape index (κ1) is 23.6. The maximum absolute atomic E-state index is 13.2. The van der Waals surface area contributed by atoms with Gasteiger partial charge in [-0.25, -0.2) is 19.7 Å². The molecule has 2 aromatic heterocycles. The minimum absolute atomic E-state index is 0.113. The lowest BCUT2D eigenvalue weighted by Crippen LogP contribution is -2.41. The first-order valence-electron chi connectivity index (χ1n) is 12.1. The number of aromatic nitrogens is 3. The Morgan fingerprint density at radius 2 is 1.94 bits per heavy atom. The van der Waals surface area contributed by atoms with Gasteiger partial charge >= 0.3 is 6.03 Å². The summed E-state index contributed by atoms with van der Waals surface area (Å²) >= 11 is 1.81. The number of carbonyl (C=O) groups excluding carboxylic acids is 1.